The van der Waals surface area contributed by atoms with E-state index < -0.39 is 0 Å². The smallest absolute Gasteiger partial charge is 0.164 e. The van der Waals surface area contributed by atoms with Crippen molar-refractivity contribution in [1.82, 2.24) is 4.90 Å². The molecule has 1 atom stereocenters. The standard InChI is InChI=1S/C17H30N2O2/c1-5-15(18)13-14-9-8-10-16(20-4)17(14)21-12-11-19(6-2)7-3/h8-10,15H,5-7,11-13,18H2,1-4H3. The average molecular weight is 294 g/mol. The van der Waals surface area contributed by atoms with Crippen LogP contribution in [0.25, 0.3) is 0 Å². The highest BCUT2D eigenvalue weighted by atomic mass is 16.5. The zero-order chi connectivity index (χ0) is 15.7. The van der Waals surface area contributed by atoms with Gasteiger partial charge in [0.15, 0.2) is 11.5 Å². The number of hydrogen-bond acceptors (Lipinski definition) is 4. The first kappa shape index (κ1) is 17.8. The maximum atomic E-state index is 6.08. The lowest BCUT2D eigenvalue weighted by atomic mass is 10.0. The zero-order valence-corrected chi connectivity index (χ0v) is 13.9. The molecule has 1 aromatic rings. The number of nitrogens with zero attached hydrogens (tertiary/aromatic N) is 1. The van der Waals surface area contributed by atoms with Crippen molar-refractivity contribution in [2.45, 2.75) is 39.7 Å². The molecule has 0 saturated carbocycles. The van der Waals surface area contributed by atoms with Crippen molar-refractivity contribution in [3.63, 3.8) is 0 Å². The normalized spacial score (nSPS) is 12.5. The molecule has 0 amide bonds. The van der Waals surface area contributed by atoms with Gasteiger partial charge in [0.2, 0.25) is 0 Å². The molecule has 0 aromatic heterocycles. The van der Waals surface area contributed by atoms with Gasteiger partial charge in [0.1, 0.15) is 6.61 Å². The average Bonchev–Trinajstić information content (AvgIpc) is 2.52. The Morgan fingerprint density at radius 1 is 1.19 bits per heavy atom. The molecule has 0 aliphatic heterocycles. The van der Waals surface area contributed by atoms with Crippen LogP contribution in [0.2, 0.25) is 0 Å². The Bertz CT molecular complexity index is 406. The lowest BCUT2D eigenvalue weighted by Crippen LogP contribution is -2.28. The fourth-order valence-corrected chi connectivity index (χ4v) is 2.29. The van der Waals surface area contributed by atoms with Crippen LogP contribution in [0.3, 0.4) is 0 Å². The van der Waals surface area contributed by atoms with Crippen molar-refractivity contribution >= 4 is 0 Å². The summed E-state index contributed by atoms with van der Waals surface area (Å²) in [5.41, 5.74) is 7.21. The molecule has 1 aromatic carbocycles. The van der Waals surface area contributed by atoms with Gasteiger partial charge < -0.3 is 20.1 Å². The van der Waals surface area contributed by atoms with E-state index in [4.69, 9.17) is 15.2 Å². The van der Waals surface area contributed by atoms with Gasteiger partial charge in [-0.15, -0.1) is 0 Å². The summed E-state index contributed by atoms with van der Waals surface area (Å²) in [5, 5.41) is 0. The molecule has 0 fully saturated rings. The Morgan fingerprint density at radius 2 is 1.90 bits per heavy atom. The highest BCUT2D eigenvalue weighted by Gasteiger charge is 2.13. The Labute approximate surface area is 129 Å². The third-order valence-electron chi connectivity index (χ3n) is 3.84. The predicted octanol–water partition coefficient (Wildman–Crippen LogP) is 2.70. The van der Waals surface area contributed by atoms with Gasteiger partial charge in [0, 0.05) is 12.6 Å². The highest BCUT2D eigenvalue weighted by molar-refractivity contribution is 5.47. The molecule has 1 rings (SSSR count). The Kier molecular flexibility index (Phi) is 8.16. The minimum Gasteiger partial charge on any atom is -0.493 e. The maximum absolute atomic E-state index is 6.08. The van der Waals surface area contributed by atoms with E-state index in [9.17, 15) is 0 Å². The second kappa shape index (κ2) is 9.64. The van der Waals surface area contributed by atoms with Crippen LogP contribution in [0.5, 0.6) is 11.5 Å². The largest absolute Gasteiger partial charge is 0.493 e. The molecule has 0 heterocycles. The van der Waals surface area contributed by atoms with E-state index in [0.29, 0.717) is 6.61 Å². The summed E-state index contributed by atoms with van der Waals surface area (Å²) in [5.74, 6) is 1.63. The fraction of sp³-hybridized carbons (Fsp3) is 0.647. The topological polar surface area (TPSA) is 47.7 Å². The first-order valence-corrected chi connectivity index (χ1v) is 7.92. The van der Waals surface area contributed by atoms with Gasteiger partial charge in [-0.05, 0) is 37.6 Å². The number of methoxy groups -OCH3 is 1. The molecule has 4 nitrogen and oxygen atoms in total. The van der Waals surface area contributed by atoms with Crippen LogP contribution in [0.15, 0.2) is 18.2 Å². The van der Waals surface area contributed by atoms with Gasteiger partial charge in [-0.2, -0.15) is 0 Å². The Hall–Kier alpha value is -1.26. The SMILES string of the molecule is CCC(N)Cc1cccc(OC)c1OCCN(CC)CC. The van der Waals surface area contributed by atoms with Gasteiger partial charge in [-0.1, -0.05) is 32.9 Å². The number of rotatable bonds is 10. The monoisotopic (exact) mass is 294 g/mol. The molecular formula is C17H30N2O2. The van der Waals surface area contributed by atoms with Gasteiger partial charge in [-0.25, -0.2) is 0 Å². The van der Waals surface area contributed by atoms with Crippen LogP contribution < -0.4 is 15.2 Å². The maximum Gasteiger partial charge on any atom is 0.164 e. The van der Waals surface area contributed by atoms with Gasteiger partial charge in [0.05, 0.1) is 7.11 Å². The first-order valence-electron chi connectivity index (χ1n) is 7.92. The third kappa shape index (κ3) is 5.56. The second-order valence-corrected chi connectivity index (χ2v) is 5.20. The predicted molar refractivity (Wildman–Crippen MR) is 88.2 cm³/mol. The number of ether oxygens (including phenoxy) is 2. The minimum absolute atomic E-state index is 0.155. The Morgan fingerprint density at radius 3 is 2.48 bits per heavy atom. The van der Waals surface area contributed by atoms with E-state index in [1.54, 1.807) is 7.11 Å². The zero-order valence-electron chi connectivity index (χ0n) is 13.9. The lowest BCUT2D eigenvalue weighted by molar-refractivity contribution is 0.215. The van der Waals surface area contributed by atoms with Crippen molar-refractivity contribution in [3.05, 3.63) is 23.8 Å². The summed E-state index contributed by atoms with van der Waals surface area (Å²) in [6.07, 6.45) is 1.77. The van der Waals surface area contributed by atoms with Crippen molar-refractivity contribution in [1.29, 1.82) is 0 Å². The molecule has 120 valence electrons. The van der Waals surface area contributed by atoms with Crippen molar-refractivity contribution in [2.75, 3.05) is 33.4 Å². The molecule has 0 saturated heterocycles. The molecule has 0 radical (unpaired) electrons. The lowest BCUT2D eigenvalue weighted by Gasteiger charge is -2.20. The molecule has 0 spiro atoms. The fourth-order valence-electron chi connectivity index (χ4n) is 2.29. The molecule has 0 aliphatic rings. The summed E-state index contributed by atoms with van der Waals surface area (Å²) >= 11 is 0. The van der Waals surface area contributed by atoms with E-state index in [2.05, 4.69) is 31.7 Å². The van der Waals surface area contributed by atoms with E-state index in [1.165, 1.54) is 0 Å². The molecule has 2 N–H and O–H groups in total. The third-order valence-corrected chi connectivity index (χ3v) is 3.84. The summed E-state index contributed by atoms with van der Waals surface area (Å²) in [4.78, 5) is 2.34. The molecular weight excluding hydrogens is 264 g/mol. The summed E-state index contributed by atoms with van der Waals surface area (Å²) in [6, 6.07) is 6.16. The number of benzene rings is 1. The number of hydrogen-bond donors (Lipinski definition) is 1. The van der Waals surface area contributed by atoms with Gasteiger partial charge in [-0.3, -0.25) is 0 Å². The molecule has 21 heavy (non-hydrogen) atoms. The summed E-state index contributed by atoms with van der Waals surface area (Å²) in [7, 11) is 1.68. The van der Waals surface area contributed by atoms with Crippen LogP contribution in [0, 0.1) is 0 Å². The van der Waals surface area contributed by atoms with E-state index in [0.717, 1.165) is 49.5 Å². The van der Waals surface area contributed by atoms with Crippen molar-refractivity contribution in [3.8, 4) is 11.5 Å². The van der Waals surface area contributed by atoms with E-state index in [1.807, 2.05) is 12.1 Å². The second-order valence-electron chi connectivity index (χ2n) is 5.20. The molecule has 0 aliphatic carbocycles. The van der Waals surface area contributed by atoms with E-state index in [-0.39, 0.29) is 6.04 Å². The quantitative estimate of drug-likeness (QED) is 0.721. The minimum atomic E-state index is 0.155. The van der Waals surface area contributed by atoms with Gasteiger partial charge >= 0.3 is 0 Å². The molecule has 4 heteroatoms. The van der Waals surface area contributed by atoms with Crippen LogP contribution in [0.1, 0.15) is 32.8 Å². The first-order chi connectivity index (χ1) is 10.2. The van der Waals surface area contributed by atoms with Crippen LogP contribution in [0.4, 0.5) is 0 Å². The van der Waals surface area contributed by atoms with Crippen LogP contribution >= 0.6 is 0 Å². The van der Waals surface area contributed by atoms with Crippen LogP contribution in [-0.2, 0) is 6.42 Å². The highest BCUT2D eigenvalue weighted by Crippen LogP contribution is 2.32. The number of nitrogens with two attached hydrogens (primary N) is 1. The molecule has 1 unspecified atom stereocenters. The van der Waals surface area contributed by atoms with Crippen LogP contribution in [-0.4, -0.2) is 44.3 Å². The number of likely N-dealkylation sites (N-methyl/N-ethyl adjacent to an activating group) is 1. The van der Waals surface area contributed by atoms with E-state index >= 15 is 0 Å². The molecule has 0 bridgehead atoms. The Balaban J connectivity index is 2.77. The summed E-state index contributed by atoms with van der Waals surface area (Å²) in [6.45, 7) is 10.1. The summed E-state index contributed by atoms with van der Waals surface area (Å²) < 4.78 is 11.4. The van der Waals surface area contributed by atoms with Crippen molar-refractivity contribution in [2.24, 2.45) is 5.73 Å². The van der Waals surface area contributed by atoms with Crippen molar-refractivity contribution < 1.29 is 9.47 Å². The van der Waals surface area contributed by atoms with Gasteiger partial charge in [0.25, 0.3) is 0 Å². The number of para-hydroxylation sites is 1.